The van der Waals surface area contributed by atoms with Crippen LogP contribution >= 0.6 is 11.6 Å². The molecule has 0 saturated heterocycles. The van der Waals surface area contributed by atoms with Crippen LogP contribution in [0.1, 0.15) is 5.56 Å². The SMILES string of the molecule is COc1cc(C#N)cc(Cl)c1OC(=O)COc1cccc(F)c1. The van der Waals surface area contributed by atoms with Crippen molar-refractivity contribution >= 4 is 17.6 Å². The molecule has 2 rings (SSSR count). The molecule has 5 nitrogen and oxygen atoms in total. The zero-order valence-corrected chi connectivity index (χ0v) is 12.8. The molecule has 2 aromatic rings. The number of esters is 1. The normalized spacial score (nSPS) is 9.83. The zero-order valence-electron chi connectivity index (χ0n) is 12.0. The fourth-order valence-corrected chi connectivity index (χ4v) is 1.98. The summed E-state index contributed by atoms with van der Waals surface area (Å²) in [5.74, 6) is -0.902. The number of halogens is 2. The first kappa shape index (κ1) is 16.6. The highest BCUT2D eigenvalue weighted by molar-refractivity contribution is 6.32. The second kappa shape index (κ2) is 7.47. The van der Waals surface area contributed by atoms with Crippen molar-refractivity contribution in [1.29, 1.82) is 5.26 Å². The quantitative estimate of drug-likeness (QED) is 0.619. The summed E-state index contributed by atoms with van der Waals surface area (Å²) >= 11 is 5.98. The molecule has 0 aromatic heterocycles. The molecular formula is C16H11ClFNO4. The van der Waals surface area contributed by atoms with E-state index in [2.05, 4.69) is 0 Å². The zero-order chi connectivity index (χ0) is 16.8. The highest BCUT2D eigenvalue weighted by Gasteiger charge is 2.16. The van der Waals surface area contributed by atoms with Crippen LogP contribution in [0.15, 0.2) is 36.4 Å². The van der Waals surface area contributed by atoms with Crippen molar-refractivity contribution in [1.82, 2.24) is 0 Å². The maximum absolute atomic E-state index is 13.0. The molecule has 0 amide bonds. The third kappa shape index (κ3) is 4.34. The Kier molecular flexibility index (Phi) is 5.39. The van der Waals surface area contributed by atoms with E-state index in [0.29, 0.717) is 0 Å². The summed E-state index contributed by atoms with van der Waals surface area (Å²) in [6, 6.07) is 10.0. The highest BCUT2D eigenvalue weighted by atomic mass is 35.5. The Labute approximate surface area is 136 Å². The number of rotatable bonds is 5. The largest absolute Gasteiger partial charge is 0.493 e. The van der Waals surface area contributed by atoms with E-state index in [1.165, 1.54) is 37.4 Å². The molecule has 2 aromatic carbocycles. The second-order valence-corrected chi connectivity index (χ2v) is 4.73. The fraction of sp³-hybridized carbons (Fsp3) is 0.125. The van der Waals surface area contributed by atoms with Crippen molar-refractivity contribution < 1.29 is 23.4 Å². The van der Waals surface area contributed by atoms with Gasteiger partial charge in [0.2, 0.25) is 0 Å². The third-order valence-corrected chi connectivity index (χ3v) is 3.01. The molecule has 0 heterocycles. The van der Waals surface area contributed by atoms with Crippen LogP contribution in [0.2, 0.25) is 5.02 Å². The van der Waals surface area contributed by atoms with E-state index >= 15 is 0 Å². The lowest BCUT2D eigenvalue weighted by molar-refractivity contribution is -0.136. The first-order valence-corrected chi connectivity index (χ1v) is 6.78. The number of carbonyl (C=O) groups is 1. The topological polar surface area (TPSA) is 68.5 Å². The number of nitrogens with zero attached hydrogens (tertiary/aromatic N) is 1. The number of methoxy groups -OCH3 is 1. The van der Waals surface area contributed by atoms with E-state index in [0.717, 1.165) is 6.07 Å². The first-order valence-electron chi connectivity index (χ1n) is 6.40. The lowest BCUT2D eigenvalue weighted by Gasteiger charge is -2.12. The average Bonchev–Trinajstić information content (AvgIpc) is 2.54. The number of hydrogen-bond acceptors (Lipinski definition) is 5. The Morgan fingerprint density at radius 2 is 2.13 bits per heavy atom. The summed E-state index contributed by atoms with van der Waals surface area (Å²) in [5.41, 5.74) is 0.266. The minimum Gasteiger partial charge on any atom is -0.493 e. The molecule has 0 saturated carbocycles. The Morgan fingerprint density at radius 3 is 2.78 bits per heavy atom. The van der Waals surface area contributed by atoms with E-state index < -0.39 is 18.4 Å². The molecule has 7 heteroatoms. The third-order valence-electron chi connectivity index (χ3n) is 2.73. The lowest BCUT2D eigenvalue weighted by Crippen LogP contribution is -2.18. The van der Waals surface area contributed by atoms with Crippen molar-refractivity contribution in [2.45, 2.75) is 0 Å². The van der Waals surface area contributed by atoms with Crippen LogP contribution in [0.5, 0.6) is 17.2 Å². The van der Waals surface area contributed by atoms with Crippen LogP contribution in [-0.2, 0) is 4.79 Å². The molecule has 0 aliphatic carbocycles. The van der Waals surface area contributed by atoms with Gasteiger partial charge in [0.1, 0.15) is 11.6 Å². The molecule has 0 aliphatic heterocycles. The fourth-order valence-electron chi connectivity index (χ4n) is 1.73. The van der Waals surface area contributed by atoms with Crippen molar-refractivity contribution in [2.75, 3.05) is 13.7 Å². The van der Waals surface area contributed by atoms with Crippen molar-refractivity contribution in [2.24, 2.45) is 0 Å². The molecule has 0 atom stereocenters. The Morgan fingerprint density at radius 1 is 1.35 bits per heavy atom. The highest BCUT2D eigenvalue weighted by Crippen LogP contribution is 2.36. The average molecular weight is 336 g/mol. The summed E-state index contributed by atoms with van der Waals surface area (Å²) < 4.78 is 28.3. The molecule has 0 N–H and O–H groups in total. The van der Waals surface area contributed by atoms with Gasteiger partial charge in [-0.1, -0.05) is 17.7 Å². The van der Waals surface area contributed by atoms with Crippen molar-refractivity contribution in [3.63, 3.8) is 0 Å². The summed E-state index contributed by atoms with van der Waals surface area (Å²) in [4.78, 5) is 11.8. The summed E-state index contributed by atoms with van der Waals surface area (Å²) in [6.45, 7) is -0.442. The van der Waals surface area contributed by atoms with Gasteiger partial charge in [-0.2, -0.15) is 5.26 Å². The maximum Gasteiger partial charge on any atom is 0.349 e. The van der Waals surface area contributed by atoms with Crippen molar-refractivity contribution in [3.8, 4) is 23.3 Å². The second-order valence-electron chi connectivity index (χ2n) is 4.32. The number of ether oxygens (including phenoxy) is 3. The minimum absolute atomic E-state index is 0.0130. The van der Waals surface area contributed by atoms with Gasteiger partial charge >= 0.3 is 5.97 Å². The van der Waals surface area contributed by atoms with Crippen LogP contribution < -0.4 is 14.2 Å². The monoisotopic (exact) mass is 335 g/mol. The Bertz CT molecular complexity index is 773. The molecule has 0 fully saturated rings. The summed E-state index contributed by atoms with van der Waals surface area (Å²) in [5, 5.41) is 8.92. The Balaban J connectivity index is 2.07. The van der Waals surface area contributed by atoms with E-state index in [1.54, 1.807) is 0 Å². The molecule has 0 radical (unpaired) electrons. The molecule has 0 aliphatic rings. The number of benzene rings is 2. The van der Waals surface area contributed by atoms with Crippen molar-refractivity contribution in [3.05, 3.63) is 52.8 Å². The lowest BCUT2D eigenvalue weighted by atomic mass is 10.2. The van der Waals surface area contributed by atoms with Gasteiger partial charge in [-0.25, -0.2) is 9.18 Å². The predicted octanol–water partition coefficient (Wildman–Crippen LogP) is 3.34. The van der Waals surface area contributed by atoms with Gasteiger partial charge in [-0.3, -0.25) is 0 Å². The van der Waals surface area contributed by atoms with E-state index in [1.807, 2.05) is 6.07 Å². The number of carbonyl (C=O) groups excluding carboxylic acids is 1. The van der Waals surface area contributed by atoms with Crippen LogP contribution in [0.3, 0.4) is 0 Å². The predicted molar refractivity (Wildman–Crippen MR) is 80.2 cm³/mol. The summed E-state index contributed by atoms with van der Waals surface area (Å²) in [7, 11) is 1.35. The van der Waals surface area contributed by atoms with E-state index in [-0.39, 0.29) is 27.8 Å². The van der Waals surface area contributed by atoms with E-state index in [4.69, 9.17) is 31.1 Å². The van der Waals surface area contributed by atoms with E-state index in [9.17, 15) is 9.18 Å². The first-order chi connectivity index (χ1) is 11.0. The number of hydrogen-bond donors (Lipinski definition) is 0. The standard InChI is InChI=1S/C16H11ClFNO4/c1-21-14-6-10(8-19)5-13(17)16(14)23-15(20)9-22-12-4-2-3-11(18)7-12/h2-7H,9H2,1H3. The van der Waals surface area contributed by atoms with Gasteiger partial charge in [-0.15, -0.1) is 0 Å². The minimum atomic E-state index is -0.751. The van der Waals surface area contributed by atoms with Crippen LogP contribution in [0.4, 0.5) is 4.39 Å². The molecule has 118 valence electrons. The molecule has 0 spiro atoms. The van der Waals surface area contributed by atoms with Gasteiger partial charge in [0.25, 0.3) is 0 Å². The molecule has 0 bridgehead atoms. The molecule has 0 unspecified atom stereocenters. The molecule has 23 heavy (non-hydrogen) atoms. The smallest absolute Gasteiger partial charge is 0.349 e. The molecular weight excluding hydrogens is 325 g/mol. The van der Waals surface area contributed by atoms with Gasteiger partial charge < -0.3 is 14.2 Å². The van der Waals surface area contributed by atoms with Crippen LogP contribution in [0.25, 0.3) is 0 Å². The summed E-state index contributed by atoms with van der Waals surface area (Å²) in [6.07, 6.45) is 0. The van der Waals surface area contributed by atoms with Gasteiger partial charge in [0, 0.05) is 12.1 Å². The van der Waals surface area contributed by atoms with Crippen LogP contribution in [-0.4, -0.2) is 19.7 Å². The van der Waals surface area contributed by atoms with Gasteiger partial charge in [0.05, 0.1) is 23.8 Å². The van der Waals surface area contributed by atoms with Gasteiger partial charge in [0.15, 0.2) is 18.1 Å². The number of nitriles is 1. The van der Waals surface area contributed by atoms with Gasteiger partial charge in [-0.05, 0) is 18.2 Å². The maximum atomic E-state index is 13.0. The Hall–Kier alpha value is -2.78. The van der Waals surface area contributed by atoms with Crippen LogP contribution in [0, 0.1) is 17.1 Å².